The zero-order valence-corrected chi connectivity index (χ0v) is 21.8. The van der Waals surface area contributed by atoms with Crippen LogP contribution in [0.4, 0.5) is 15.0 Å². The predicted octanol–water partition coefficient (Wildman–Crippen LogP) is 5.46. The number of carbonyl (C=O) groups is 2. The number of hydrogen-bond donors (Lipinski definition) is 2. The first kappa shape index (κ1) is 26.9. The maximum atomic E-state index is 15.2. The van der Waals surface area contributed by atoms with Gasteiger partial charge in [0.15, 0.2) is 17.2 Å². The molecule has 0 bridgehead atoms. The van der Waals surface area contributed by atoms with Gasteiger partial charge in [-0.15, -0.1) is 0 Å². The van der Waals surface area contributed by atoms with Gasteiger partial charge in [-0.2, -0.15) is 5.10 Å². The third-order valence-electron chi connectivity index (χ3n) is 5.68. The van der Waals surface area contributed by atoms with Gasteiger partial charge in [-0.25, -0.2) is 18.7 Å². The Kier molecular flexibility index (Phi) is 7.56. The molecule has 2 heterocycles. The molecule has 3 aromatic rings. The maximum absolute atomic E-state index is 15.2. The summed E-state index contributed by atoms with van der Waals surface area (Å²) >= 11 is 0. The minimum Gasteiger partial charge on any atom is -0.488 e. The van der Waals surface area contributed by atoms with E-state index in [1.807, 2.05) is 41.5 Å². The molecule has 0 aliphatic heterocycles. The van der Waals surface area contributed by atoms with Gasteiger partial charge in [-0.1, -0.05) is 13.8 Å². The van der Waals surface area contributed by atoms with Gasteiger partial charge in [0, 0.05) is 30.2 Å². The second kappa shape index (κ2) is 10.1. The van der Waals surface area contributed by atoms with E-state index in [9.17, 15) is 14.7 Å². The van der Waals surface area contributed by atoms with Gasteiger partial charge in [0.2, 0.25) is 5.91 Å². The van der Waals surface area contributed by atoms with Crippen LogP contribution in [0.25, 0.3) is 16.9 Å². The number of anilines is 1. The highest BCUT2D eigenvalue weighted by Gasteiger charge is 2.43. The first-order valence-electron chi connectivity index (χ1n) is 11.8. The van der Waals surface area contributed by atoms with Crippen molar-refractivity contribution in [2.75, 3.05) is 11.9 Å². The van der Waals surface area contributed by atoms with Crippen molar-refractivity contribution in [2.24, 2.45) is 5.92 Å². The minimum absolute atomic E-state index is 0.0147. The first-order valence-corrected chi connectivity index (χ1v) is 11.8. The molecule has 1 aromatic carbocycles. The molecule has 2 N–H and O–H groups in total. The SMILES string of the molecule is CC(=O)Nc1cc(-c2ccc(OCC(C)(CC(C)C)N(C(=O)O)C(C)(C)C)c(F)c2)n2nccc2n1. The molecule has 0 spiro atoms. The fourth-order valence-electron chi connectivity index (χ4n) is 4.80. The number of nitrogens with zero attached hydrogens (tertiary/aromatic N) is 4. The van der Waals surface area contributed by atoms with Crippen LogP contribution in [0.5, 0.6) is 5.75 Å². The molecule has 10 heteroatoms. The molecule has 0 saturated heterocycles. The highest BCUT2D eigenvalue weighted by atomic mass is 19.1. The number of fused-ring (bicyclic) bond motifs is 1. The topological polar surface area (TPSA) is 109 Å². The summed E-state index contributed by atoms with van der Waals surface area (Å²) in [7, 11) is 0. The third-order valence-corrected chi connectivity index (χ3v) is 5.68. The Balaban J connectivity index is 1.93. The maximum Gasteiger partial charge on any atom is 0.408 e. The second-order valence-electron chi connectivity index (χ2n) is 10.6. The van der Waals surface area contributed by atoms with E-state index in [0.29, 0.717) is 29.1 Å². The molecular formula is C26H34FN5O4. The number of benzene rings is 1. The van der Waals surface area contributed by atoms with Gasteiger partial charge in [-0.05, 0) is 58.2 Å². The van der Waals surface area contributed by atoms with Gasteiger partial charge in [0.05, 0.1) is 17.4 Å². The van der Waals surface area contributed by atoms with Crippen molar-refractivity contribution in [3.8, 4) is 17.0 Å². The monoisotopic (exact) mass is 499 g/mol. The summed E-state index contributed by atoms with van der Waals surface area (Å²) in [4.78, 5) is 29.4. The lowest BCUT2D eigenvalue weighted by Gasteiger charge is -2.47. The van der Waals surface area contributed by atoms with Gasteiger partial charge in [0.25, 0.3) is 0 Å². The number of aromatic nitrogens is 3. The fourth-order valence-corrected chi connectivity index (χ4v) is 4.80. The highest BCUT2D eigenvalue weighted by molar-refractivity contribution is 5.88. The molecule has 0 radical (unpaired) electrons. The van der Waals surface area contributed by atoms with E-state index in [1.54, 1.807) is 28.9 Å². The average Bonchev–Trinajstić information content (AvgIpc) is 3.18. The zero-order chi connectivity index (χ0) is 26.8. The lowest BCUT2D eigenvalue weighted by molar-refractivity contribution is -0.114. The molecule has 36 heavy (non-hydrogen) atoms. The number of ether oxygens (including phenoxy) is 1. The van der Waals surface area contributed by atoms with Crippen LogP contribution in [0.3, 0.4) is 0 Å². The molecular weight excluding hydrogens is 465 g/mol. The molecule has 0 fully saturated rings. The van der Waals surface area contributed by atoms with Crippen LogP contribution in [0, 0.1) is 11.7 Å². The number of hydrogen-bond acceptors (Lipinski definition) is 5. The minimum atomic E-state index is -1.05. The van der Waals surface area contributed by atoms with Crippen molar-refractivity contribution in [3.63, 3.8) is 0 Å². The summed E-state index contributed by atoms with van der Waals surface area (Å²) in [6.07, 6.45) is 1.05. The van der Waals surface area contributed by atoms with E-state index in [1.165, 1.54) is 24.0 Å². The largest absolute Gasteiger partial charge is 0.488 e. The molecule has 9 nitrogen and oxygen atoms in total. The van der Waals surface area contributed by atoms with Crippen molar-refractivity contribution < 1.29 is 23.8 Å². The molecule has 194 valence electrons. The van der Waals surface area contributed by atoms with Crippen molar-refractivity contribution in [3.05, 3.63) is 42.3 Å². The van der Waals surface area contributed by atoms with Crippen molar-refractivity contribution in [1.82, 2.24) is 19.5 Å². The lowest BCUT2D eigenvalue weighted by Crippen LogP contribution is -2.61. The average molecular weight is 500 g/mol. The molecule has 1 unspecified atom stereocenters. The van der Waals surface area contributed by atoms with Crippen molar-refractivity contribution in [2.45, 2.75) is 66.0 Å². The van der Waals surface area contributed by atoms with E-state index in [4.69, 9.17) is 4.74 Å². The van der Waals surface area contributed by atoms with E-state index < -0.39 is 23.0 Å². The fraction of sp³-hybridized carbons (Fsp3) is 0.462. The number of amides is 2. The summed E-state index contributed by atoms with van der Waals surface area (Å²) in [5, 5.41) is 16.9. The molecule has 2 amide bonds. The Labute approximate surface area is 210 Å². The summed E-state index contributed by atoms with van der Waals surface area (Å²) in [5.41, 5.74) is -0.0212. The zero-order valence-electron chi connectivity index (χ0n) is 21.8. The quantitative estimate of drug-likeness (QED) is 0.426. The van der Waals surface area contributed by atoms with Crippen LogP contribution in [-0.2, 0) is 4.79 Å². The number of halogens is 1. The summed E-state index contributed by atoms with van der Waals surface area (Å²) in [6.45, 7) is 12.7. The second-order valence-corrected chi connectivity index (χ2v) is 10.6. The summed E-state index contributed by atoms with van der Waals surface area (Å²) in [5.74, 6) is -0.346. The van der Waals surface area contributed by atoms with E-state index in [0.717, 1.165) is 0 Å². The van der Waals surface area contributed by atoms with Crippen LogP contribution in [0.1, 0.15) is 54.9 Å². The molecule has 0 aliphatic carbocycles. The number of nitrogens with one attached hydrogen (secondary N) is 1. The Morgan fingerprint density at radius 2 is 1.89 bits per heavy atom. The van der Waals surface area contributed by atoms with Crippen LogP contribution >= 0.6 is 0 Å². The number of carbonyl (C=O) groups excluding carboxylic acids is 1. The number of rotatable bonds is 8. The van der Waals surface area contributed by atoms with E-state index in [2.05, 4.69) is 15.4 Å². The highest BCUT2D eigenvalue weighted by Crippen LogP contribution is 2.33. The van der Waals surface area contributed by atoms with Crippen LogP contribution in [0.15, 0.2) is 36.5 Å². The molecule has 3 rings (SSSR count). The Bertz CT molecular complexity index is 1270. The van der Waals surface area contributed by atoms with Crippen LogP contribution in [-0.4, -0.2) is 54.3 Å². The Hall–Kier alpha value is -3.69. The van der Waals surface area contributed by atoms with Gasteiger partial charge in [0.1, 0.15) is 12.4 Å². The van der Waals surface area contributed by atoms with E-state index in [-0.39, 0.29) is 24.2 Å². The standard InChI is InChI=1S/C26H34FN5O4/c1-16(2)14-26(7,32(24(34)35)25(4,5)6)15-36-21-9-8-18(12-19(21)27)20-13-22(29-17(3)33)30-23-10-11-28-31(20)23/h8-13,16H,14-15H2,1-7H3,(H,34,35)(H,29,30,33). The van der Waals surface area contributed by atoms with Gasteiger partial charge in [-0.3, -0.25) is 9.69 Å². The molecule has 1 atom stereocenters. The third kappa shape index (κ3) is 5.92. The smallest absolute Gasteiger partial charge is 0.408 e. The predicted molar refractivity (Wildman–Crippen MR) is 136 cm³/mol. The summed E-state index contributed by atoms with van der Waals surface area (Å²) < 4.78 is 22.7. The van der Waals surface area contributed by atoms with Crippen molar-refractivity contribution in [1.29, 1.82) is 0 Å². The lowest BCUT2D eigenvalue weighted by atomic mass is 9.86. The number of carboxylic acid groups (broad SMARTS) is 1. The Morgan fingerprint density at radius 1 is 1.19 bits per heavy atom. The molecule has 0 aliphatic rings. The normalized spacial score (nSPS) is 13.5. The van der Waals surface area contributed by atoms with Crippen LogP contribution < -0.4 is 10.1 Å². The molecule has 2 aromatic heterocycles. The van der Waals surface area contributed by atoms with Gasteiger partial charge < -0.3 is 15.2 Å². The summed E-state index contributed by atoms with van der Waals surface area (Å²) in [6, 6.07) is 7.81. The van der Waals surface area contributed by atoms with E-state index >= 15 is 4.39 Å². The van der Waals surface area contributed by atoms with Crippen molar-refractivity contribution >= 4 is 23.5 Å². The molecule has 0 saturated carbocycles. The van der Waals surface area contributed by atoms with Gasteiger partial charge >= 0.3 is 6.09 Å². The van der Waals surface area contributed by atoms with Crippen LogP contribution in [0.2, 0.25) is 0 Å². The Morgan fingerprint density at radius 3 is 2.44 bits per heavy atom. The first-order chi connectivity index (χ1) is 16.7.